The lowest BCUT2D eigenvalue weighted by molar-refractivity contribution is 0.107. The quantitative estimate of drug-likeness (QED) is 0.679. The monoisotopic (exact) mass is 226 g/mol. The molecule has 1 saturated carbocycles. The molecular weight excluding hydrogens is 200 g/mol. The van der Waals surface area contributed by atoms with Crippen LogP contribution in [0, 0.1) is 5.92 Å². The van der Waals surface area contributed by atoms with Crippen LogP contribution in [0.3, 0.4) is 0 Å². The zero-order chi connectivity index (χ0) is 11.2. The average molecular weight is 226 g/mol. The van der Waals surface area contributed by atoms with E-state index in [9.17, 15) is 5.11 Å². The van der Waals surface area contributed by atoms with Gasteiger partial charge < -0.3 is 15.7 Å². The summed E-state index contributed by atoms with van der Waals surface area (Å²) < 4.78 is 0. The van der Waals surface area contributed by atoms with E-state index in [4.69, 9.17) is 0 Å². The summed E-state index contributed by atoms with van der Waals surface area (Å²) >= 11 is 0. The Labute approximate surface area is 99.0 Å². The molecule has 0 spiro atoms. The van der Waals surface area contributed by atoms with Crippen LogP contribution in [0.1, 0.15) is 44.9 Å². The molecule has 2 fully saturated rings. The van der Waals surface area contributed by atoms with Crippen molar-refractivity contribution in [2.45, 2.75) is 57.1 Å². The first-order valence-corrected chi connectivity index (χ1v) is 6.97. The molecular formula is C13H26N2O. The Balaban J connectivity index is 1.62. The molecule has 1 aliphatic carbocycles. The van der Waals surface area contributed by atoms with Crippen LogP contribution in [-0.4, -0.2) is 36.9 Å². The Kier molecular flexibility index (Phi) is 5.07. The molecule has 0 radical (unpaired) electrons. The second kappa shape index (κ2) is 6.58. The normalized spacial score (nSPS) is 36.9. The van der Waals surface area contributed by atoms with Gasteiger partial charge in [0.05, 0.1) is 6.10 Å². The first kappa shape index (κ1) is 12.3. The van der Waals surface area contributed by atoms with E-state index in [0.29, 0.717) is 0 Å². The van der Waals surface area contributed by atoms with Crippen LogP contribution < -0.4 is 10.6 Å². The summed E-state index contributed by atoms with van der Waals surface area (Å²) in [7, 11) is 0. The second-order valence-electron chi connectivity index (χ2n) is 5.46. The Hall–Kier alpha value is -0.120. The Morgan fingerprint density at radius 1 is 1.00 bits per heavy atom. The molecule has 1 saturated heterocycles. The van der Waals surface area contributed by atoms with Crippen LogP contribution >= 0.6 is 0 Å². The maximum atomic E-state index is 9.45. The van der Waals surface area contributed by atoms with E-state index in [1.165, 1.54) is 45.2 Å². The Morgan fingerprint density at radius 2 is 1.81 bits per heavy atom. The first-order chi connectivity index (χ1) is 7.84. The van der Waals surface area contributed by atoms with Gasteiger partial charge in [0.2, 0.25) is 0 Å². The van der Waals surface area contributed by atoms with Crippen molar-refractivity contribution in [2.75, 3.05) is 19.6 Å². The predicted octanol–water partition coefficient (Wildman–Crippen LogP) is 1.27. The summed E-state index contributed by atoms with van der Waals surface area (Å²) in [4.78, 5) is 0. The predicted molar refractivity (Wildman–Crippen MR) is 66.5 cm³/mol. The third-order valence-electron chi connectivity index (χ3n) is 4.09. The molecule has 1 heterocycles. The van der Waals surface area contributed by atoms with E-state index in [0.717, 1.165) is 31.3 Å². The number of rotatable bonds is 3. The molecule has 0 bridgehead atoms. The molecule has 3 heteroatoms. The van der Waals surface area contributed by atoms with Crippen LogP contribution in [0.25, 0.3) is 0 Å². The van der Waals surface area contributed by atoms with E-state index < -0.39 is 0 Å². The minimum atomic E-state index is -0.0154. The van der Waals surface area contributed by atoms with Crippen LogP contribution in [0.2, 0.25) is 0 Å². The summed E-state index contributed by atoms with van der Waals surface area (Å²) in [5, 5.41) is 16.6. The van der Waals surface area contributed by atoms with Gasteiger partial charge in [0, 0.05) is 6.04 Å². The van der Waals surface area contributed by atoms with Gasteiger partial charge in [-0.2, -0.15) is 0 Å². The van der Waals surface area contributed by atoms with Crippen LogP contribution in [-0.2, 0) is 0 Å². The van der Waals surface area contributed by atoms with Gasteiger partial charge in [0.15, 0.2) is 0 Å². The van der Waals surface area contributed by atoms with Gasteiger partial charge in [-0.3, -0.25) is 0 Å². The van der Waals surface area contributed by atoms with Gasteiger partial charge >= 0.3 is 0 Å². The van der Waals surface area contributed by atoms with Gasteiger partial charge in [-0.1, -0.05) is 0 Å². The van der Waals surface area contributed by atoms with Crippen molar-refractivity contribution < 1.29 is 5.11 Å². The number of hydrogen-bond donors (Lipinski definition) is 3. The minimum absolute atomic E-state index is 0.0154. The SMILES string of the molecule is OC1CCC(CNC2CCCNCC2)CC1. The highest BCUT2D eigenvalue weighted by Crippen LogP contribution is 2.23. The lowest BCUT2D eigenvalue weighted by atomic mass is 9.87. The van der Waals surface area contributed by atoms with Gasteiger partial charge in [-0.15, -0.1) is 0 Å². The van der Waals surface area contributed by atoms with E-state index >= 15 is 0 Å². The smallest absolute Gasteiger partial charge is 0.0540 e. The average Bonchev–Trinajstić information content (AvgIpc) is 2.57. The number of aliphatic hydroxyl groups excluding tert-OH is 1. The topological polar surface area (TPSA) is 44.3 Å². The molecule has 2 rings (SSSR count). The summed E-state index contributed by atoms with van der Waals surface area (Å²) in [6, 6.07) is 0.724. The largest absolute Gasteiger partial charge is 0.393 e. The van der Waals surface area contributed by atoms with E-state index in [1.54, 1.807) is 0 Å². The number of nitrogens with one attached hydrogen (secondary N) is 2. The molecule has 0 aromatic rings. The zero-order valence-electron chi connectivity index (χ0n) is 10.3. The van der Waals surface area contributed by atoms with Gasteiger partial charge in [-0.05, 0) is 70.5 Å². The maximum Gasteiger partial charge on any atom is 0.0540 e. The molecule has 0 aromatic heterocycles. The van der Waals surface area contributed by atoms with Crippen LogP contribution in [0.15, 0.2) is 0 Å². The molecule has 1 aliphatic heterocycles. The Morgan fingerprint density at radius 3 is 2.62 bits per heavy atom. The first-order valence-electron chi connectivity index (χ1n) is 6.97. The standard InChI is InChI=1S/C13H26N2O/c16-13-5-3-11(4-6-13)10-15-12-2-1-8-14-9-7-12/h11-16H,1-10H2. The van der Waals surface area contributed by atoms with Crippen molar-refractivity contribution in [3.63, 3.8) is 0 Å². The highest BCUT2D eigenvalue weighted by atomic mass is 16.3. The summed E-state index contributed by atoms with van der Waals surface area (Å²) in [5.74, 6) is 0.805. The third-order valence-corrected chi connectivity index (χ3v) is 4.09. The fraction of sp³-hybridized carbons (Fsp3) is 1.00. The maximum absolute atomic E-state index is 9.45. The van der Waals surface area contributed by atoms with E-state index in [2.05, 4.69) is 10.6 Å². The van der Waals surface area contributed by atoms with Gasteiger partial charge in [0.1, 0.15) is 0 Å². The van der Waals surface area contributed by atoms with Crippen LogP contribution in [0.4, 0.5) is 0 Å². The van der Waals surface area contributed by atoms with Crippen molar-refractivity contribution in [3.05, 3.63) is 0 Å². The molecule has 94 valence electrons. The molecule has 0 amide bonds. The number of hydrogen-bond acceptors (Lipinski definition) is 3. The van der Waals surface area contributed by atoms with Crippen molar-refractivity contribution in [1.82, 2.24) is 10.6 Å². The minimum Gasteiger partial charge on any atom is -0.393 e. The van der Waals surface area contributed by atoms with Crippen molar-refractivity contribution in [2.24, 2.45) is 5.92 Å². The second-order valence-corrected chi connectivity index (χ2v) is 5.46. The molecule has 16 heavy (non-hydrogen) atoms. The Bertz CT molecular complexity index is 182. The highest BCUT2D eigenvalue weighted by Gasteiger charge is 2.20. The molecule has 1 atom stereocenters. The summed E-state index contributed by atoms with van der Waals surface area (Å²) in [6.45, 7) is 3.52. The lowest BCUT2D eigenvalue weighted by Gasteiger charge is -2.27. The van der Waals surface area contributed by atoms with Crippen LogP contribution in [0.5, 0.6) is 0 Å². The van der Waals surface area contributed by atoms with Crippen molar-refractivity contribution in [1.29, 1.82) is 0 Å². The fourth-order valence-electron chi connectivity index (χ4n) is 2.91. The third kappa shape index (κ3) is 4.04. The van der Waals surface area contributed by atoms with E-state index in [1.807, 2.05) is 0 Å². The molecule has 3 nitrogen and oxygen atoms in total. The molecule has 1 unspecified atom stereocenters. The van der Waals surface area contributed by atoms with E-state index in [-0.39, 0.29) is 6.10 Å². The van der Waals surface area contributed by atoms with Crippen molar-refractivity contribution in [3.8, 4) is 0 Å². The van der Waals surface area contributed by atoms with Gasteiger partial charge in [-0.25, -0.2) is 0 Å². The van der Waals surface area contributed by atoms with Crippen molar-refractivity contribution >= 4 is 0 Å². The molecule has 3 N–H and O–H groups in total. The zero-order valence-corrected chi connectivity index (χ0v) is 10.3. The lowest BCUT2D eigenvalue weighted by Crippen LogP contribution is -2.35. The fourth-order valence-corrected chi connectivity index (χ4v) is 2.91. The summed E-state index contributed by atoms with van der Waals surface area (Å²) in [6.07, 6.45) is 8.33. The number of aliphatic hydroxyl groups is 1. The molecule has 0 aromatic carbocycles. The molecule has 2 aliphatic rings. The van der Waals surface area contributed by atoms with Gasteiger partial charge in [0.25, 0.3) is 0 Å². The highest BCUT2D eigenvalue weighted by molar-refractivity contribution is 4.77. The summed E-state index contributed by atoms with van der Waals surface area (Å²) in [5.41, 5.74) is 0.